The summed E-state index contributed by atoms with van der Waals surface area (Å²) in [6, 6.07) is 10.6. The van der Waals surface area contributed by atoms with Gasteiger partial charge >= 0.3 is 5.97 Å². The fourth-order valence-corrected chi connectivity index (χ4v) is 3.67. The quantitative estimate of drug-likeness (QED) is 0.304. The maximum absolute atomic E-state index is 12.5. The fraction of sp³-hybridized carbons (Fsp3) is 0.407. The SMILES string of the molecule is Cc1cc(/C=C(\C#N)C(=O)OCC(=O)Nc2ccccc2C(=O)NC2CC2)c(C)n1CCC(C)C. The Morgan fingerprint density at radius 3 is 2.60 bits per heavy atom. The van der Waals surface area contributed by atoms with Crippen LogP contribution in [-0.2, 0) is 20.9 Å². The monoisotopic (exact) mass is 476 g/mol. The summed E-state index contributed by atoms with van der Waals surface area (Å²) in [5.74, 6) is -1.19. The molecule has 1 aliphatic carbocycles. The number of rotatable bonds is 10. The highest BCUT2D eigenvalue weighted by Gasteiger charge is 2.25. The highest BCUT2D eigenvalue weighted by Crippen LogP contribution is 2.22. The lowest BCUT2D eigenvalue weighted by atomic mass is 10.1. The van der Waals surface area contributed by atoms with E-state index in [-0.39, 0.29) is 17.5 Å². The predicted octanol–water partition coefficient (Wildman–Crippen LogP) is 4.13. The van der Waals surface area contributed by atoms with Crippen LogP contribution in [0.1, 0.15) is 60.4 Å². The van der Waals surface area contributed by atoms with Gasteiger partial charge in [0.05, 0.1) is 11.3 Å². The Morgan fingerprint density at radius 2 is 1.94 bits per heavy atom. The molecule has 0 saturated heterocycles. The first-order chi connectivity index (χ1) is 16.7. The van der Waals surface area contributed by atoms with Crippen LogP contribution in [0.5, 0.6) is 0 Å². The first-order valence-corrected chi connectivity index (χ1v) is 11.8. The molecule has 8 nitrogen and oxygen atoms in total. The Bertz CT molecular complexity index is 1180. The molecule has 3 rings (SSSR count). The van der Waals surface area contributed by atoms with Crippen LogP contribution in [0.15, 0.2) is 35.9 Å². The van der Waals surface area contributed by atoms with E-state index in [1.165, 1.54) is 6.08 Å². The number of anilines is 1. The number of benzene rings is 1. The lowest BCUT2D eigenvalue weighted by molar-refractivity contribution is -0.142. The Kier molecular flexibility index (Phi) is 8.48. The van der Waals surface area contributed by atoms with Crippen molar-refractivity contribution in [3.8, 4) is 6.07 Å². The second-order valence-electron chi connectivity index (χ2n) is 9.25. The van der Waals surface area contributed by atoms with Crippen molar-refractivity contribution < 1.29 is 19.1 Å². The van der Waals surface area contributed by atoms with Crippen LogP contribution in [0.2, 0.25) is 0 Å². The van der Waals surface area contributed by atoms with Gasteiger partial charge in [0, 0.05) is 24.0 Å². The lowest BCUT2D eigenvalue weighted by Crippen LogP contribution is -2.28. The molecule has 0 spiro atoms. The van der Waals surface area contributed by atoms with E-state index in [1.807, 2.05) is 26.0 Å². The van der Waals surface area contributed by atoms with Crippen LogP contribution in [0.3, 0.4) is 0 Å². The molecule has 0 bridgehead atoms. The second-order valence-corrected chi connectivity index (χ2v) is 9.25. The van der Waals surface area contributed by atoms with E-state index in [0.717, 1.165) is 42.8 Å². The number of carbonyl (C=O) groups is 3. The normalized spacial score (nSPS) is 13.3. The number of carbonyl (C=O) groups excluding carboxylic acids is 3. The minimum Gasteiger partial charge on any atom is -0.451 e. The highest BCUT2D eigenvalue weighted by molar-refractivity contribution is 6.05. The van der Waals surface area contributed by atoms with Gasteiger partial charge < -0.3 is 19.9 Å². The van der Waals surface area contributed by atoms with Crippen LogP contribution in [-0.4, -0.2) is 35.0 Å². The molecule has 2 aromatic rings. The first kappa shape index (κ1) is 25.8. The van der Waals surface area contributed by atoms with Gasteiger partial charge in [0.25, 0.3) is 11.8 Å². The molecule has 0 radical (unpaired) electrons. The van der Waals surface area contributed by atoms with Gasteiger partial charge in [-0.1, -0.05) is 26.0 Å². The number of nitrogens with zero attached hydrogens (tertiary/aromatic N) is 2. The van der Waals surface area contributed by atoms with Crippen LogP contribution >= 0.6 is 0 Å². The molecule has 1 saturated carbocycles. The number of aromatic nitrogens is 1. The van der Waals surface area contributed by atoms with Crippen molar-refractivity contribution in [1.82, 2.24) is 9.88 Å². The van der Waals surface area contributed by atoms with E-state index >= 15 is 0 Å². The standard InChI is InChI=1S/C27H32N4O4/c1-17(2)11-12-31-18(3)13-20(19(31)4)14-21(15-28)27(34)35-16-25(32)30-24-8-6-5-7-23(24)26(33)29-22-9-10-22/h5-8,13-14,17,22H,9-12,16H2,1-4H3,(H,29,33)(H,30,32)/b21-14+. The van der Waals surface area contributed by atoms with E-state index in [4.69, 9.17) is 4.74 Å². The number of amides is 2. The van der Waals surface area contributed by atoms with Crippen LogP contribution < -0.4 is 10.6 Å². The summed E-state index contributed by atoms with van der Waals surface area (Å²) in [7, 11) is 0. The first-order valence-electron chi connectivity index (χ1n) is 11.8. The third-order valence-electron chi connectivity index (χ3n) is 5.88. The summed E-state index contributed by atoms with van der Waals surface area (Å²) in [6.07, 6.45) is 4.42. The van der Waals surface area contributed by atoms with Crippen molar-refractivity contribution in [2.75, 3.05) is 11.9 Å². The van der Waals surface area contributed by atoms with E-state index < -0.39 is 18.5 Å². The number of nitriles is 1. The summed E-state index contributed by atoms with van der Waals surface area (Å²) in [6.45, 7) is 8.54. The molecule has 1 aromatic heterocycles. The van der Waals surface area contributed by atoms with Gasteiger partial charge in [0.1, 0.15) is 11.6 Å². The molecule has 2 N–H and O–H groups in total. The van der Waals surface area contributed by atoms with Gasteiger partial charge in [-0.2, -0.15) is 5.26 Å². The van der Waals surface area contributed by atoms with Gasteiger partial charge in [-0.3, -0.25) is 9.59 Å². The zero-order chi connectivity index (χ0) is 25.5. The largest absolute Gasteiger partial charge is 0.451 e. The molecule has 184 valence electrons. The molecule has 2 amide bonds. The molecular weight excluding hydrogens is 444 g/mol. The van der Waals surface area contributed by atoms with Crippen molar-refractivity contribution in [2.24, 2.45) is 5.92 Å². The van der Waals surface area contributed by atoms with Crippen molar-refractivity contribution >= 4 is 29.5 Å². The van der Waals surface area contributed by atoms with Gasteiger partial charge in [-0.25, -0.2) is 4.79 Å². The van der Waals surface area contributed by atoms with Gasteiger partial charge in [0.2, 0.25) is 0 Å². The average Bonchev–Trinajstić information content (AvgIpc) is 3.59. The van der Waals surface area contributed by atoms with Crippen LogP contribution in [0.25, 0.3) is 6.08 Å². The predicted molar refractivity (Wildman–Crippen MR) is 133 cm³/mol. The molecule has 8 heteroatoms. The third kappa shape index (κ3) is 7.06. The summed E-state index contributed by atoms with van der Waals surface area (Å²) in [5.41, 5.74) is 3.25. The minimum absolute atomic E-state index is 0.183. The summed E-state index contributed by atoms with van der Waals surface area (Å²) >= 11 is 0. The maximum Gasteiger partial charge on any atom is 0.349 e. The molecule has 35 heavy (non-hydrogen) atoms. The number of aryl methyl sites for hydroxylation is 1. The van der Waals surface area contributed by atoms with E-state index in [1.54, 1.807) is 24.3 Å². The molecule has 0 atom stereocenters. The van der Waals surface area contributed by atoms with Gasteiger partial charge in [0.15, 0.2) is 6.61 Å². The summed E-state index contributed by atoms with van der Waals surface area (Å²) in [4.78, 5) is 37.3. The number of ether oxygens (including phenoxy) is 1. The van der Waals surface area contributed by atoms with Crippen LogP contribution in [0.4, 0.5) is 5.69 Å². The highest BCUT2D eigenvalue weighted by atomic mass is 16.5. The fourth-order valence-electron chi connectivity index (χ4n) is 3.67. The molecule has 1 aliphatic rings. The van der Waals surface area contributed by atoms with Gasteiger partial charge in [-0.05, 0) is 68.9 Å². The average molecular weight is 477 g/mol. The number of hydrogen-bond donors (Lipinski definition) is 2. The summed E-state index contributed by atoms with van der Waals surface area (Å²) in [5, 5.41) is 15.0. The zero-order valence-electron chi connectivity index (χ0n) is 20.7. The maximum atomic E-state index is 12.5. The molecule has 1 aromatic carbocycles. The Labute approximate surface area is 206 Å². The van der Waals surface area contributed by atoms with E-state index in [0.29, 0.717) is 17.2 Å². The van der Waals surface area contributed by atoms with Crippen molar-refractivity contribution in [3.63, 3.8) is 0 Å². The topological polar surface area (TPSA) is 113 Å². The Balaban J connectivity index is 1.62. The third-order valence-corrected chi connectivity index (χ3v) is 5.88. The number of para-hydroxylation sites is 1. The molecule has 1 heterocycles. The molecular formula is C27H32N4O4. The van der Waals surface area contributed by atoms with Crippen molar-refractivity contribution in [1.29, 1.82) is 5.26 Å². The molecule has 0 unspecified atom stereocenters. The molecule has 1 fully saturated rings. The smallest absolute Gasteiger partial charge is 0.349 e. The summed E-state index contributed by atoms with van der Waals surface area (Å²) < 4.78 is 7.25. The van der Waals surface area contributed by atoms with Crippen LogP contribution in [0, 0.1) is 31.1 Å². The second kappa shape index (κ2) is 11.5. The number of nitrogens with one attached hydrogen (secondary N) is 2. The minimum atomic E-state index is -0.880. The van der Waals surface area contributed by atoms with E-state index in [9.17, 15) is 19.6 Å². The Morgan fingerprint density at radius 1 is 1.23 bits per heavy atom. The zero-order valence-corrected chi connectivity index (χ0v) is 20.7. The van der Waals surface area contributed by atoms with Gasteiger partial charge in [-0.15, -0.1) is 0 Å². The van der Waals surface area contributed by atoms with Crippen molar-refractivity contribution in [3.05, 3.63) is 58.4 Å². The number of hydrogen-bond acceptors (Lipinski definition) is 5. The van der Waals surface area contributed by atoms with E-state index in [2.05, 4.69) is 29.0 Å². The number of esters is 1. The van der Waals surface area contributed by atoms with Crippen molar-refractivity contribution in [2.45, 2.75) is 59.5 Å². The Hall–Kier alpha value is -3.86. The molecule has 0 aliphatic heterocycles. The lowest BCUT2D eigenvalue weighted by Gasteiger charge is -2.11.